The van der Waals surface area contributed by atoms with Crippen molar-refractivity contribution in [1.29, 1.82) is 0 Å². The van der Waals surface area contributed by atoms with Gasteiger partial charge in [-0.2, -0.15) is 0 Å². The number of ether oxygens (including phenoxy) is 1. The van der Waals surface area contributed by atoms with E-state index in [4.69, 9.17) is 4.74 Å². The molecule has 1 aliphatic carbocycles. The second-order valence-electron chi connectivity index (χ2n) is 12.3. The molecule has 3 rings (SSSR count). The van der Waals surface area contributed by atoms with Gasteiger partial charge in [-0.05, 0) is 102 Å². The molecular formula is C33H47N3O5. The number of alkyl carbamates (subject to hydrolysis) is 1. The van der Waals surface area contributed by atoms with Crippen molar-refractivity contribution in [3.05, 3.63) is 64.7 Å². The molecule has 0 saturated heterocycles. The fraction of sp³-hybridized carbons (Fsp3) is 0.545. The van der Waals surface area contributed by atoms with Crippen LogP contribution in [0, 0.1) is 13.8 Å². The Hall–Kier alpha value is -3.55. The number of amides is 3. The molecule has 1 fully saturated rings. The highest BCUT2D eigenvalue weighted by Crippen LogP contribution is 2.36. The van der Waals surface area contributed by atoms with Gasteiger partial charge in [0.2, 0.25) is 11.8 Å². The summed E-state index contributed by atoms with van der Waals surface area (Å²) in [6, 6.07) is 10.4. The SMILES string of the molecule is CCCC(C)NC(=O)C(c1c(C)cccc1C)N(C(=O)C(Cc1ccc(O)cc1)NC(=O)OC(C)(C)C)C1CCC1. The van der Waals surface area contributed by atoms with Crippen molar-refractivity contribution in [3.8, 4) is 5.75 Å². The summed E-state index contributed by atoms with van der Waals surface area (Å²) in [5, 5.41) is 15.8. The number of aromatic hydroxyl groups is 1. The van der Waals surface area contributed by atoms with E-state index in [9.17, 15) is 19.5 Å². The molecule has 0 aromatic heterocycles. The number of carbonyl (C=O) groups is 3. The van der Waals surface area contributed by atoms with Crippen LogP contribution >= 0.6 is 0 Å². The molecule has 3 atom stereocenters. The van der Waals surface area contributed by atoms with Crippen LogP contribution in [0.15, 0.2) is 42.5 Å². The second-order valence-corrected chi connectivity index (χ2v) is 12.3. The number of carbonyl (C=O) groups excluding carboxylic acids is 3. The summed E-state index contributed by atoms with van der Waals surface area (Å²) in [4.78, 5) is 43.4. The lowest BCUT2D eigenvalue weighted by Crippen LogP contribution is -2.58. The molecule has 2 aromatic rings. The molecule has 3 amide bonds. The number of phenols is 1. The third kappa shape index (κ3) is 8.72. The Kier molecular flexibility index (Phi) is 10.8. The maximum absolute atomic E-state index is 14.6. The van der Waals surface area contributed by atoms with Crippen molar-refractivity contribution in [3.63, 3.8) is 0 Å². The van der Waals surface area contributed by atoms with Gasteiger partial charge < -0.3 is 25.4 Å². The number of nitrogens with zero attached hydrogens (tertiary/aromatic N) is 1. The van der Waals surface area contributed by atoms with Crippen LogP contribution in [0.2, 0.25) is 0 Å². The van der Waals surface area contributed by atoms with E-state index < -0.39 is 23.8 Å². The van der Waals surface area contributed by atoms with Crippen molar-refractivity contribution in [2.24, 2.45) is 0 Å². The molecule has 41 heavy (non-hydrogen) atoms. The molecule has 0 radical (unpaired) electrons. The van der Waals surface area contributed by atoms with Gasteiger partial charge in [-0.1, -0.05) is 43.7 Å². The number of aryl methyl sites for hydroxylation is 2. The zero-order chi connectivity index (χ0) is 30.3. The van der Waals surface area contributed by atoms with E-state index in [1.807, 2.05) is 39.0 Å². The van der Waals surface area contributed by atoms with E-state index in [2.05, 4.69) is 17.6 Å². The van der Waals surface area contributed by atoms with Crippen molar-refractivity contribution < 1.29 is 24.2 Å². The predicted molar refractivity (Wildman–Crippen MR) is 161 cm³/mol. The normalized spacial score (nSPS) is 15.7. The van der Waals surface area contributed by atoms with Crippen LogP contribution in [0.3, 0.4) is 0 Å². The molecule has 0 heterocycles. The summed E-state index contributed by atoms with van der Waals surface area (Å²) < 4.78 is 5.53. The third-order valence-corrected chi connectivity index (χ3v) is 7.54. The van der Waals surface area contributed by atoms with E-state index in [0.717, 1.165) is 54.4 Å². The minimum absolute atomic E-state index is 0.0506. The lowest BCUT2D eigenvalue weighted by atomic mass is 9.85. The molecule has 0 bridgehead atoms. The standard InChI is InChI=1S/C33H47N3O5/c1-8-11-23(4)34-30(38)29(28-21(2)12-9-13-22(28)3)36(25-14-10-15-25)31(39)27(35-32(40)41-33(5,6)7)20-24-16-18-26(37)19-17-24/h9,12-13,16-19,23,25,27,29,37H,8,10-11,14-15,20H2,1-7H3,(H,34,38)(H,35,40). The summed E-state index contributed by atoms with van der Waals surface area (Å²) in [5.74, 6) is -0.440. The summed E-state index contributed by atoms with van der Waals surface area (Å²) >= 11 is 0. The first kappa shape index (κ1) is 32.0. The molecule has 0 aliphatic heterocycles. The highest BCUT2D eigenvalue weighted by Gasteiger charge is 2.43. The van der Waals surface area contributed by atoms with Crippen LogP contribution < -0.4 is 10.6 Å². The van der Waals surface area contributed by atoms with Crippen LogP contribution in [-0.4, -0.2) is 51.6 Å². The Labute approximate surface area is 244 Å². The zero-order valence-electron chi connectivity index (χ0n) is 25.6. The quantitative estimate of drug-likeness (QED) is 0.316. The molecule has 2 aromatic carbocycles. The van der Waals surface area contributed by atoms with E-state index >= 15 is 0 Å². The van der Waals surface area contributed by atoms with Gasteiger partial charge in [0.25, 0.3) is 0 Å². The van der Waals surface area contributed by atoms with Gasteiger partial charge in [0, 0.05) is 18.5 Å². The Morgan fingerprint density at radius 1 is 1.02 bits per heavy atom. The van der Waals surface area contributed by atoms with Gasteiger partial charge in [-0.25, -0.2) is 4.79 Å². The number of rotatable bonds is 11. The Morgan fingerprint density at radius 3 is 2.15 bits per heavy atom. The fourth-order valence-electron chi connectivity index (χ4n) is 5.36. The number of hydrogen-bond acceptors (Lipinski definition) is 5. The molecule has 1 saturated carbocycles. The highest BCUT2D eigenvalue weighted by molar-refractivity contribution is 5.93. The summed E-state index contributed by atoms with van der Waals surface area (Å²) in [7, 11) is 0. The molecule has 3 N–H and O–H groups in total. The first-order valence-corrected chi connectivity index (χ1v) is 14.8. The average molecular weight is 566 g/mol. The fourth-order valence-corrected chi connectivity index (χ4v) is 5.36. The van der Waals surface area contributed by atoms with Crippen molar-refractivity contribution in [1.82, 2.24) is 15.5 Å². The van der Waals surface area contributed by atoms with Gasteiger partial charge >= 0.3 is 6.09 Å². The van der Waals surface area contributed by atoms with Crippen LogP contribution in [0.1, 0.15) is 95.0 Å². The average Bonchev–Trinajstić information content (AvgIpc) is 2.83. The molecule has 8 nitrogen and oxygen atoms in total. The molecular weight excluding hydrogens is 518 g/mol. The second kappa shape index (κ2) is 13.9. The first-order chi connectivity index (χ1) is 19.3. The van der Waals surface area contributed by atoms with Crippen LogP contribution in [0.4, 0.5) is 4.79 Å². The van der Waals surface area contributed by atoms with E-state index in [1.165, 1.54) is 0 Å². The van der Waals surface area contributed by atoms with Crippen molar-refractivity contribution in [2.75, 3.05) is 0 Å². The molecule has 8 heteroatoms. The molecule has 3 unspecified atom stereocenters. The molecule has 1 aliphatic rings. The number of phenolic OH excluding ortho intramolecular Hbond substituents is 1. The Balaban J connectivity index is 2.09. The van der Waals surface area contributed by atoms with E-state index in [-0.39, 0.29) is 36.1 Å². The maximum atomic E-state index is 14.6. The lowest BCUT2D eigenvalue weighted by Gasteiger charge is -2.44. The number of hydrogen-bond donors (Lipinski definition) is 3. The van der Waals surface area contributed by atoms with Crippen LogP contribution in [-0.2, 0) is 20.7 Å². The largest absolute Gasteiger partial charge is 0.508 e. The number of nitrogens with one attached hydrogen (secondary N) is 2. The van der Waals surface area contributed by atoms with Gasteiger partial charge in [-0.3, -0.25) is 9.59 Å². The van der Waals surface area contributed by atoms with Gasteiger partial charge in [0.1, 0.15) is 23.4 Å². The lowest BCUT2D eigenvalue weighted by molar-refractivity contribution is -0.147. The monoisotopic (exact) mass is 565 g/mol. The predicted octanol–water partition coefficient (Wildman–Crippen LogP) is 5.87. The zero-order valence-corrected chi connectivity index (χ0v) is 25.6. The first-order valence-electron chi connectivity index (χ1n) is 14.8. The van der Waals surface area contributed by atoms with Crippen LogP contribution in [0.5, 0.6) is 5.75 Å². The van der Waals surface area contributed by atoms with Gasteiger partial charge in [0.05, 0.1) is 0 Å². The summed E-state index contributed by atoms with van der Waals surface area (Å²) in [6.07, 6.45) is 3.75. The van der Waals surface area contributed by atoms with E-state index in [1.54, 1.807) is 49.9 Å². The third-order valence-electron chi connectivity index (χ3n) is 7.54. The highest BCUT2D eigenvalue weighted by atomic mass is 16.6. The minimum Gasteiger partial charge on any atom is -0.508 e. The Morgan fingerprint density at radius 2 is 1.63 bits per heavy atom. The smallest absolute Gasteiger partial charge is 0.408 e. The van der Waals surface area contributed by atoms with Gasteiger partial charge in [-0.15, -0.1) is 0 Å². The Bertz CT molecular complexity index is 1180. The van der Waals surface area contributed by atoms with Crippen molar-refractivity contribution >= 4 is 17.9 Å². The maximum Gasteiger partial charge on any atom is 0.408 e. The summed E-state index contributed by atoms with van der Waals surface area (Å²) in [6.45, 7) is 13.3. The molecule has 0 spiro atoms. The number of benzene rings is 2. The van der Waals surface area contributed by atoms with Crippen molar-refractivity contribution in [2.45, 2.75) is 117 Å². The van der Waals surface area contributed by atoms with Crippen LogP contribution in [0.25, 0.3) is 0 Å². The molecule has 224 valence electrons. The van der Waals surface area contributed by atoms with E-state index in [0.29, 0.717) is 0 Å². The topological polar surface area (TPSA) is 108 Å². The summed E-state index contributed by atoms with van der Waals surface area (Å²) in [5.41, 5.74) is 2.69. The van der Waals surface area contributed by atoms with Gasteiger partial charge in [0.15, 0.2) is 0 Å². The minimum atomic E-state index is -0.984.